The van der Waals surface area contributed by atoms with E-state index in [-0.39, 0.29) is 0 Å². The molecule has 0 aliphatic carbocycles. The zero-order valence-electron chi connectivity index (χ0n) is 11.9. The largest absolute Gasteiger partial charge is 0.317 e. The van der Waals surface area contributed by atoms with Crippen molar-refractivity contribution in [3.63, 3.8) is 0 Å². The maximum atomic E-state index is 3.48. The first kappa shape index (κ1) is 16.0. The summed E-state index contributed by atoms with van der Waals surface area (Å²) in [5, 5.41) is 3.48. The molecular formula is C15H33N. The Bertz CT molecular complexity index is 123. The van der Waals surface area contributed by atoms with Crippen LogP contribution in [0.3, 0.4) is 0 Å². The molecule has 0 amide bonds. The fourth-order valence-electron chi connectivity index (χ4n) is 2.07. The fourth-order valence-corrected chi connectivity index (χ4v) is 2.07. The van der Waals surface area contributed by atoms with Gasteiger partial charge in [-0.2, -0.15) is 0 Å². The average Bonchev–Trinajstić information content (AvgIpc) is 2.29. The standard InChI is InChI=1S/C15H33N/c1-4-6-7-8-9-10-11-15(3)12-14-16-13-5-2/h15-16H,4-14H2,1-3H3/t15-/m0/s1. The Labute approximate surface area is 103 Å². The molecule has 0 aromatic carbocycles. The van der Waals surface area contributed by atoms with Gasteiger partial charge in [0, 0.05) is 0 Å². The molecule has 98 valence electrons. The van der Waals surface area contributed by atoms with Gasteiger partial charge in [0.2, 0.25) is 0 Å². The Kier molecular flexibility index (Phi) is 13.0. The van der Waals surface area contributed by atoms with Gasteiger partial charge in [-0.25, -0.2) is 0 Å². The highest BCUT2D eigenvalue weighted by molar-refractivity contribution is 4.56. The van der Waals surface area contributed by atoms with Gasteiger partial charge < -0.3 is 5.32 Å². The van der Waals surface area contributed by atoms with Crippen LogP contribution in [-0.2, 0) is 0 Å². The summed E-state index contributed by atoms with van der Waals surface area (Å²) in [5.41, 5.74) is 0. The van der Waals surface area contributed by atoms with Gasteiger partial charge >= 0.3 is 0 Å². The molecule has 0 saturated heterocycles. The monoisotopic (exact) mass is 227 g/mol. The van der Waals surface area contributed by atoms with Gasteiger partial charge in [0.25, 0.3) is 0 Å². The highest BCUT2D eigenvalue weighted by Crippen LogP contribution is 2.14. The fraction of sp³-hybridized carbons (Fsp3) is 1.00. The molecule has 0 spiro atoms. The van der Waals surface area contributed by atoms with E-state index >= 15 is 0 Å². The van der Waals surface area contributed by atoms with Crippen LogP contribution < -0.4 is 5.32 Å². The third-order valence-corrected chi connectivity index (χ3v) is 3.29. The molecule has 0 unspecified atom stereocenters. The molecule has 0 rings (SSSR count). The van der Waals surface area contributed by atoms with Crippen molar-refractivity contribution in [2.24, 2.45) is 5.92 Å². The Morgan fingerprint density at radius 1 is 0.750 bits per heavy atom. The molecule has 1 atom stereocenters. The molecule has 1 nitrogen and oxygen atoms in total. The van der Waals surface area contributed by atoms with Crippen molar-refractivity contribution < 1.29 is 0 Å². The first-order chi connectivity index (χ1) is 7.81. The molecular weight excluding hydrogens is 194 g/mol. The van der Waals surface area contributed by atoms with Gasteiger partial charge in [-0.05, 0) is 31.8 Å². The Morgan fingerprint density at radius 2 is 1.44 bits per heavy atom. The normalized spacial score (nSPS) is 12.9. The number of nitrogens with one attached hydrogen (secondary N) is 1. The van der Waals surface area contributed by atoms with E-state index in [1.54, 1.807) is 0 Å². The summed E-state index contributed by atoms with van der Waals surface area (Å²) < 4.78 is 0. The second kappa shape index (κ2) is 13.0. The van der Waals surface area contributed by atoms with Crippen LogP contribution in [0.5, 0.6) is 0 Å². The van der Waals surface area contributed by atoms with E-state index in [1.165, 1.54) is 70.9 Å². The number of rotatable bonds is 12. The molecule has 0 aromatic rings. The molecule has 0 saturated carbocycles. The van der Waals surface area contributed by atoms with Crippen molar-refractivity contribution in [3.05, 3.63) is 0 Å². The van der Waals surface area contributed by atoms with Gasteiger partial charge in [0.15, 0.2) is 0 Å². The number of unbranched alkanes of at least 4 members (excludes halogenated alkanes) is 5. The van der Waals surface area contributed by atoms with Crippen LogP contribution in [0.15, 0.2) is 0 Å². The molecule has 0 heterocycles. The van der Waals surface area contributed by atoms with Crippen LogP contribution in [-0.4, -0.2) is 13.1 Å². The third-order valence-electron chi connectivity index (χ3n) is 3.29. The van der Waals surface area contributed by atoms with Gasteiger partial charge in [-0.15, -0.1) is 0 Å². The number of hydrogen-bond donors (Lipinski definition) is 1. The van der Waals surface area contributed by atoms with Gasteiger partial charge in [-0.1, -0.05) is 65.7 Å². The highest BCUT2D eigenvalue weighted by atomic mass is 14.8. The summed E-state index contributed by atoms with van der Waals surface area (Å²) in [6, 6.07) is 0. The van der Waals surface area contributed by atoms with Crippen molar-refractivity contribution in [1.29, 1.82) is 0 Å². The summed E-state index contributed by atoms with van der Waals surface area (Å²) in [4.78, 5) is 0. The minimum absolute atomic E-state index is 0.913. The minimum Gasteiger partial charge on any atom is -0.317 e. The topological polar surface area (TPSA) is 12.0 Å². The number of hydrogen-bond acceptors (Lipinski definition) is 1. The van der Waals surface area contributed by atoms with E-state index in [1.807, 2.05) is 0 Å². The smallest absolute Gasteiger partial charge is 0.00464 e. The maximum Gasteiger partial charge on any atom is -0.00464 e. The molecule has 1 heteroatoms. The van der Waals surface area contributed by atoms with Gasteiger partial charge in [0.05, 0.1) is 0 Å². The van der Waals surface area contributed by atoms with Crippen molar-refractivity contribution in [2.45, 2.75) is 78.6 Å². The van der Waals surface area contributed by atoms with Crippen LogP contribution in [0.4, 0.5) is 0 Å². The lowest BCUT2D eigenvalue weighted by Gasteiger charge is -2.11. The SMILES string of the molecule is CCCCCCCC[C@H](C)CCNCCC. The maximum absolute atomic E-state index is 3.48. The lowest BCUT2D eigenvalue weighted by atomic mass is 9.99. The van der Waals surface area contributed by atoms with Crippen molar-refractivity contribution in [2.75, 3.05) is 13.1 Å². The molecule has 0 aliphatic heterocycles. The van der Waals surface area contributed by atoms with E-state index in [0.29, 0.717) is 0 Å². The second-order valence-corrected chi connectivity index (χ2v) is 5.20. The van der Waals surface area contributed by atoms with E-state index in [2.05, 4.69) is 26.1 Å². The lowest BCUT2D eigenvalue weighted by Crippen LogP contribution is -2.18. The lowest BCUT2D eigenvalue weighted by molar-refractivity contribution is 0.442. The average molecular weight is 227 g/mol. The van der Waals surface area contributed by atoms with Crippen LogP contribution in [0, 0.1) is 5.92 Å². The van der Waals surface area contributed by atoms with Gasteiger partial charge in [-0.3, -0.25) is 0 Å². The van der Waals surface area contributed by atoms with E-state index in [0.717, 1.165) is 5.92 Å². The summed E-state index contributed by atoms with van der Waals surface area (Å²) in [6.07, 6.45) is 12.6. The summed E-state index contributed by atoms with van der Waals surface area (Å²) in [7, 11) is 0. The van der Waals surface area contributed by atoms with Crippen molar-refractivity contribution >= 4 is 0 Å². The van der Waals surface area contributed by atoms with Crippen LogP contribution in [0.25, 0.3) is 0 Å². The quantitative estimate of drug-likeness (QED) is 0.474. The summed E-state index contributed by atoms with van der Waals surface area (Å²) in [5.74, 6) is 0.913. The Balaban J connectivity index is 3.08. The van der Waals surface area contributed by atoms with E-state index in [4.69, 9.17) is 0 Å². The van der Waals surface area contributed by atoms with Crippen LogP contribution >= 0.6 is 0 Å². The van der Waals surface area contributed by atoms with Crippen molar-refractivity contribution in [1.82, 2.24) is 5.32 Å². The first-order valence-corrected chi connectivity index (χ1v) is 7.52. The molecule has 1 N–H and O–H groups in total. The highest BCUT2D eigenvalue weighted by Gasteiger charge is 2.01. The van der Waals surface area contributed by atoms with Crippen molar-refractivity contribution in [3.8, 4) is 0 Å². The van der Waals surface area contributed by atoms with Gasteiger partial charge in [0.1, 0.15) is 0 Å². The summed E-state index contributed by atoms with van der Waals surface area (Å²) >= 11 is 0. The molecule has 0 aliphatic rings. The predicted molar refractivity (Wildman–Crippen MR) is 74.9 cm³/mol. The Hall–Kier alpha value is -0.0400. The minimum atomic E-state index is 0.913. The predicted octanol–water partition coefficient (Wildman–Crippen LogP) is 4.76. The first-order valence-electron chi connectivity index (χ1n) is 7.52. The second-order valence-electron chi connectivity index (χ2n) is 5.20. The molecule has 0 fully saturated rings. The molecule has 16 heavy (non-hydrogen) atoms. The Morgan fingerprint density at radius 3 is 2.12 bits per heavy atom. The third kappa shape index (κ3) is 12.0. The van der Waals surface area contributed by atoms with Crippen LogP contribution in [0.1, 0.15) is 78.6 Å². The zero-order chi connectivity index (χ0) is 12.1. The molecule has 0 bridgehead atoms. The zero-order valence-corrected chi connectivity index (χ0v) is 11.9. The van der Waals surface area contributed by atoms with E-state index in [9.17, 15) is 0 Å². The molecule has 0 aromatic heterocycles. The van der Waals surface area contributed by atoms with E-state index < -0.39 is 0 Å². The van der Waals surface area contributed by atoms with Crippen LogP contribution in [0.2, 0.25) is 0 Å². The molecule has 0 radical (unpaired) electrons. The summed E-state index contributed by atoms with van der Waals surface area (Å²) in [6.45, 7) is 9.31.